The fraction of sp³-hybridized carbons (Fsp3) is 0.452. The number of imide groups is 1. The smallest absolute Gasteiger partial charge is 0.253 e. The van der Waals surface area contributed by atoms with Gasteiger partial charge in [0.1, 0.15) is 12.1 Å². The lowest BCUT2D eigenvalue weighted by Gasteiger charge is -2.14. The van der Waals surface area contributed by atoms with E-state index in [4.69, 9.17) is 29.4 Å². The summed E-state index contributed by atoms with van der Waals surface area (Å²) in [5.74, 6) is -0.684. The summed E-state index contributed by atoms with van der Waals surface area (Å²) >= 11 is 0. The number of amides is 4. The first-order chi connectivity index (χ1) is 23.4. The minimum absolute atomic E-state index is 0.0837. The molecular formula is C31H40N8O9. The third-order valence-electron chi connectivity index (χ3n) is 6.78. The quantitative estimate of drug-likeness (QED) is 0.0774. The van der Waals surface area contributed by atoms with Crippen LogP contribution in [0.1, 0.15) is 24.0 Å². The number of fused-ring (bicyclic) bond motifs is 1. The number of anilines is 1. The maximum atomic E-state index is 12.2. The van der Waals surface area contributed by atoms with Crippen molar-refractivity contribution in [2.45, 2.75) is 26.0 Å². The molecular weight excluding hydrogens is 628 g/mol. The number of nitrogens with one attached hydrogen (secondary N) is 3. The highest BCUT2D eigenvalue weighted by molar-refractivity contribution is 6.12. The average molecular weight is 669 g/mol. The van der Waals surface area contributed by atoms with Crippen LogP contribution < -0.4 is 21.1 Å². The van der Waals surface area contributed by atoms with E-state index >= 15 is 0 Å². The molecule has 0 radical (unpaired) electrons. The highest BCUT2D eigenvalue weighted by Crippen LogP contribution is 2.21. The average Bonchev–Trinajstić information content (AvgIpc) is 3.68. The van der Waals surface area contributed by atoms with Gasteiger partial charge in [-0.1, -0.05) is 24.3 Å². The summed E-state index contributed by atoms with van der Waals surface area (Å²) in [6.45, 7) is 3.70. The van der Waals surface area contributed by atoms with Gasteiger partial charge in [0, 0.05) is 44.6 Å². The highest BCUT2D eigenvalue weighted by atomic mass is 16.6. The largest absolute Gasteiger partial charge is 0.471 e. The number of nitrogen functional groups attached to an aromatic ring is 1. The van der Waals surface area contributed by atoms with Crippen molar-refractivity contribution in [3.05, 3.63) is 53.9 Å². The Morgan fingerprint density at radius 1 is 0.771 bits per heavy atom. The maximum Gasteiger partial charge on any atom is 0.253 e. The number of aromatic amines is 1. The number of ether oxygens (including phenoxy) is 5. The highest BCUT2D eigenvalue weighted by Gasteiger charge is 2.22. The molecule has 3 heterocycles. The van der Waals surface area contributed by atoms with E-state index in [9.17, 15) is 19.2 Å². The van der Waals surface area contributed by atoms with Gasteiger partial charge in [-0.2, -0.15) is 9.97 Å². The zero-order valence-electron chi connectivity index (χ0n) is 26.5. The number of rotatable bonds is 23. The van der Waals surface area contributed by atoms with Crippen molar-refractivity contribution < 1.29 is 42.9 Å². The van der Waals surface area contributed by atoms with Crippen LogP contribution in [0.2, 0.25) is 0 Å². The van der Waals surface area contributed by atoms with Gasteiger partial charge in [0.15, 0.2) is 5.65 Å². The van der Waals surface area contributed by atoms with E-state index in [1.165, 1.54) is 18.5 Å². The third kappa shape index (κ3) is 12.3. The molecule has 258 valence electrons. The van der Waals surface area contributed by atoms with Gasteiger partial charge >= 0.3 is 0 Å². The number of aromatic nitrogens is 4. The van der Waals surface area contributed by atoms with Crippen molar-refractivity contribution in [3.8, 4) is 5.88 Å². The summed E-state index contributed by atoms with van der Waals surface area (Å²) in [5, 5.41) is 5.52. The Morgan fingerprint density at radius 3 is 1.96 bits per heavy atom. The first-order valence-electron chi connectivity index (χ1n) is 15.4. The van der Waals surface area contributed by atoms with Gasteiger partial charge in [-0.05, 0) is 11.1 Å². The number of benzene rings is 1. The number of hydrogen-bond acceptors (Lipinski definition) is 13. The number of imidazole rings is 1. The van der Waals surface area contributed by atoms with Crippen molar-refractivity contribution in [2.75, 3.05) is 71.7 Å². The second-order valence-electron chi connectivity index (χ2n) is 10.3. The van der Waals surface area contributed by atoms with Gasteiger partial charge in [-0.3, -0.25) is 24.1 Å². The van der Waals surface area contributed by atoms with Crippen molar-refractivity contribution in [2.24, 2.45) is 0 Å². The van der Waals surface area contributed by atoms with Crippen LogP contribution in [-0.4, -0.2) is 114 Å². The second-order valence-corrected chi connectivity index (χ2v) is 10.3. The normalized spacial score (nSPS) is 12.6. The molecule has 5 N–H and O–H groups in total. The summed E-state index contributed by atoms with van der Waals surface area (Å²) in [4.78, 5) is 63.1. The standard InChI is InChI=1S/C31H40N8O9/c32-31-37-29-28(35-21-36-29)30(38-31)48-20-23-3-1-22(2-4-23)19-34-25(41)8-12-45-14-16-47-18-17-46-15-13-44-11-7-24(40)33-9-10-39-26(42)5-6-27(39)43/h1-6,21H,7-20H2,(H,33,40)(H,34,41)(H3,32,35,36,37,38). The van der Waals surface area contributed by atoms with E-state index in [2.05, 4.69) is 30.6 Å². The Balaban J connectivity index is 0.907. The van der Waals surface area contributed by atoms with Gasteiger partial charge in [0.25, 0.3) is 11.8 Å². The van der Waals surface area contributed by atoms with Crippen LogP contribution in [-0.2, 0) is 51.3 Å². The molecule has 0 unspecified atom stereocenters. The van der Waals surface area contributed by atoms with Gasteiger partial charge in [-0.25, -0.2) is 4.98 Å². The van der Waals surface area contributed by atoms with Crippen LogP contribution in [0, 0.1) is 0 Å². The van der Waals surface area contributed by atoms with Crippen LogP contribution in [0.5, 0.6) is 5.88 Å². The maximum absolute atomic E-state index is 12.2. The van der Waals surface area contributed by atoms with Crippen LogP contribution in [0.15, 0.2) is 42.7 Å². The van der Waals surface area contributed by atoms with Crippen molar-refractivity contribution in [1.82, 2.24) is 35.5 Å². The lowest BCUT2D eigenvalue weighted by molar-refractivity contribution is -0.137. The summed E-state index contributed by atoms with van der Waals surface area (Å²) < 4.78 is 27.5. The first-order valence-corrected chi connectivity index (χ1v) is 15.4. The number of H-pyrrole nitrogens is 1. The lowest BCUT2D eigenvalue weighted by Crippen LogP contribution is -2.38. The molecule has 0 bridgehead atoms. The summed E-state index contributed by atoms with van der Waals surface area (Å²) in [6, 6.07) is 7.66. The number of hydrogen-bond donors (Lipinski definition) is 4. The van der Waals surface area contributed by atoms with Gasteiger partial charge in [0.2, 0.25) is 23.6 Å². The number of carbonyl (C=O) groups excluding carboxylic acids is 4. The van der Waals surface area contributed by atoms with Crippen LogP contribution in [0.3, 0.4) is 0 Å². The molecule has 48 heavy (non-hydrogen) atoms. The predicted octanol–water partition coefficient (Wildman–Crippen LogP) is 0.0181. The van der Waals surface area contributed by atoms with Crippen LogP contribution in [0.4, 0.5) is 5.95 Å². The Hall–Kier alpha value is -4.97. The molecule has 0 atom stereocenters. The number of carbonyl (C=O) groups is 4. The summed E-state index contributed by atoms with van der Waals surface area (Å²) in [7, 11) is 0. The lowest BCUT2D eigenvalue weighted by atomic mass is 10.1. The molecule has 1 aliphatic rings. The monoisotopic (exact) mass is 668 g/mol. The Morgan fingerprint density at radius 2 is 1.33 bits per heavy atom. The fourth-order valence-corrected chi connectivity index (χ4v) is 4.26. The molecule has 3 aromatic rings. The molecule has 2 aromatic heterocycles. The molecule has 0 fully saturated rings. The number of nitrogens with zero attached hydrogens (tertiary/aromatic N) is 4. The van der Waals surface area contributed by atoms with Gasteiger partial charge in [-0.15, -0.1) is 0 Å². The van der Waals surface area contributed by atoms with Crippen LogP contribution >= 0.6 is 0 Å². The Bertz CT molecular complexity index is 1510. The minimum Gasteiger partial charge on any atom is -0.471 e. The second kappa shape index (κ2) is 19.6. The van der Waals surface area contributed by atoms with Crippen molar-refractivity contribution in [1.29, 1.82) is 0 Å². The zero-order chi connectivity index (χ0) is 34.0. The van der Waals surface area contributed by atoms with E-state index in [-0.39, 0.29) is 75.3 Å². The first kappa shape index (κ1) is 35.9. The van der Waals surface area contributed by atoms with E-state index in [1.54, 1.807) is 0 Å². The van der Waals surface area contributed by atoms with E-state index in [1.807, 2.05) is 24.3 Å². The van der Waals surface area contributed by atoms with Crippen molar-refractivity contribution >= 4 is 40.7 Å². The van der Waals surface area contributed by atoms with Gasteiger partial charge < -0.3 is 45.0 Å². The molecule has 0 saturated heterocycles. The summed E-state index contributed by atoms with van der Waals surface area (Å²) in [6.07, 6.45) is 4.31. The van der Waals surface area contributed by atoms with Crippen LogP contribution in [0.25, 0.3) is 11.2 Å². The summed E-state index contributed by atoms with van der Waals surface area (Å²) in [5.41, 5.74) is 8.60. The fourth-order valence-electron chi connectivity index (χ4n) is 4.26. The minimum atomic E-state index is -0.377. The molecule has 4 amide bonds. The molecule has 4 rings (SSSR count). The molecule has 0 spiro atoms. The van der Waals surface area contributed by atoms with E-state index in [0.717, 1.165) is 16.0 Å². The van der Waals surface area contributed by atoms with E-state index < -0.39 is 0 Å². The van der Waals surface area contributed by atoms with Crippen molar-refractivity contribution in [3.63, 3.8) is 0 Å². The Kier molecular flexibility index (Phi) is 14.7. The molecule has 17 heteroatoms. The zero-order valence-corrected chi connectivity index (χ0v) is 26.5. The van der Waals surface area contributed by atoms with Gasteiger partial charge in [0.05, 0.1) is 59.2 Å². The molecule has 1 aromatic carbocycles. The van der Waals surface area contributed by atoms with E-state index in [0.29, 0.717) is 63.2 Å². The third-order valence-corrected chi connectivity index (χ3v) is 6.78. The molecule has 17 nitrogen and oxygen atoms in total. The molecule has 0 saturated carbocycles. The number of nitrogens with two attached hydrogens (primary N) is 1. The Labute approximate surface area is 276 Å². The predicted molar refractivity (Wildman–Crippen MR) is 170 cm³/mol. The molecule has 0 aliphatic carbocycles. The molecule has 1 aliphatic heterocycles. The SMILES string of the molecule is Nc1nc(OCc2ccc(CNC(=O)CCOCCOCCOCCOCCC(=O)NCCN3C(=O)C=CC3=O)cc2)c2[nH]cnc2n1. The topological polar surface area (TPSA) is 222 Å².